The van der Waals surface area contributed by atoms with Gasteiger partial charge in [-0.1, -0.05) is 36.4 Å². The molecule has 0 saturated carbocycles. The smallest absolute Gasteiger partial charge is 0.191 e. The van der Waals surface area contributed by atoms with Crippen LogP contribution in [0.15, 0.2) is 48.0 Å². The zero-order chi connectivity index (χ0) is 16.0. The average molecular weight is 449 g/mol. The molecule has 0 aliphatic carbocycles. The van der Waals surface area contributed by atoms with E-state index in [1.165, 1.54) is 0 Å². The molecule has 0 saturated heterocycles. The summed E-state index contributed by atoms with van der Waals surface area (Å²) in [6.45, 7) is 8.03. The highest BCUT2D eigenvalue weighted by Crippen LogP contribution is 2.15. The van der Waals surface area contributed by atoms with Gasteiger partial charge < -0.3 is 15.7 Å². The number of aliphatic hydroxyl groups excluding tert-OH is 1. The summed E-state index contributed by atoms with van der Waals surface area (Å²) >= 11 is 1.84. The minimum Gasteiger partial charge on any atom is -0.388 e. The Morgan fingerprint density at radius 2 is 2.09 bits per heavy atom. The van der Waals surface area contributed by atoms with Gasteiger partial charge in [0, 0.05) is 31.1 Å². The number of hydrogen-bond acceptors (Lipinski definition) is 3. The first-order valence-corrected chi connectivity index (χ1v) is 8.87. The number of benzene rings is 1. The van der Waals surface area contributed by atoms with Gasteiger partial charge in [-0.25, -0.2) is 0 Å². The molecule has 0 aliphatic rings. The summed E-state index contributed by atoms with van der Waals surface area (Å²) in [5, 5.41) is 16.6. The molecular formula is C17H28IN3OS. The lowest BCUT2D eigenvalue weighted by atomic mass is 10.1. The van der Waals surface area contributed by atoms with E-state index in [9.17, 15) is 5.11 Å². The molecule has 0 amide bonds. The second kappa shape index (κ2) is 14.8. The molecule has 0 aromatic heterocycles. The van der Waals surface area contributed by atoms with E-state index in [1.807, 2.05) is 55.1 Å². The predicted molar refractivity (Wildman–Crippen MR) is 113 cm³/mol. The molecule has 1 atom stereocenters. The Labute approximate surface area is 161 Å². The first-order valence-electron chi connectivity index (χ1n) is 7.71. The Balaban J connectivity index is 0.00000484. The van der Waals surface area contributed by atoms with Crippen molar-refractivity contribution in [2.45, 2.75) is 19.4 Å². The maximum atomic E-state index is 10.1. The normalized spacial score (nSPS) is 12.2. The van der Waals surface area contributed by atoms with E-state index in [-0.39, 0.29) is 24.0 Å². The highest BCUT2D eigenvalue weighted by molar-refractivity contribution is 14.0. The lowest BCUT2D eigenvalue weighted by Crippen LogP contribution is -2.38. The average Bonchev–Trinajstić information content (AvgIpc) is 2.55. The van der Waals surface area contributed by atoms with Crippen LogP contribution in [0.4, 0.5) is 0 Å². The van der Waals surface area contributed by atoms with Crippen LogP contribution in [-0.2, 0) is 0 Å². The second-order valence-electron chi connectivity index (χ2n) is 4.77. The minimum atomic E-state index is -0.462. The van der Waals surface area contributed by atoms with Gasteiger partial charge in [0.25, 0.3) is 0 Å². The third kappa shape index (κ3) is 10.6. The first kappa shape index (κ1) is 22.3. The molecule has 3 N–H and O–H groups in total. The van der Waals surface area contributed by atoms with E-state index in [1.54, 1.807) is 0 Å². The molecular weight excluding hydrogens is 421 g/mol. The number of nitrogens with zero attached hydrogens (tertiary/aromatic N) is 1. The SMILES string of the molecule is C=CCSCCNC(=NCCC(O)c1ccccc1)NCC.I. The van der Waals surface area contributed by atoms with Gasteiger partial charge >= 0.3 is 0 Å². The van der Waals surface area contributed by atoms with Gasteiger partial charge in [-0.2, -0.15) is 11.8 Å². The Hall–Kier alpha value is -0.730. The largest absolute Gasteiger partial charge is 0.388 e. The fourth-order valence-electron chi connectivity index (χ4n) is 1.89. The van der Waals surface area contributed by atoms with Crippen molar-refractivity contribution in [3.05, 3.63) is 48.6 Å². The number of rotatable bonds is 10. The zero-order valence-electron chi connectivity index (χ0n) is 13.7. The predicted octanol–water partition coefficient (Wildman–Crippen LogP) is 3.20. The molecule has 0 radical (unpaired) electrons. The standard InChI is InChI=1S/C17H27N3OS.HI/c1-3-13-22-14-12-20-17(18-4-2)19-11-10-16(21)15-8-6-5-7-9-15;/h3,5-9,16,21H,1,4,10-14H2,2H3,(H2,18,19,20);1H. The van der Waals surface area contributed by atoms with Crippen molar-refractivity contribution in [2.75, 3.05) is 31.1 Å². The Morgan fingerprint density at radius 1 is 1.35 bits per heavy atom. The molecule has 0 fully saturated rings. The molecule has 0 spiro atoms. The van der Waals surface area contributed by atoms with Crippen LogP contribution < -0.4 is 10.6 Å². The van der Waals surface area contributed by atoms with Crippen LogP contribution in [0, 0.1) is 0 Å². The van der Waals surface area contributed by atoms with E-state index in [0.29, 0.717) is 13.0 Å². The Bertz CT molecular complexity index is 443. The lowest BCUT2D eigenvalue weighted by Gasteiger charge is -2.12. The monoisotopic (exact) mass is 449 g/mol. The molecule has 6 heteroatoms. The van der Waals surface area contributed by atoms with Crippen molar-refractivity contribution in [3.8, 4) is 0 Å². The molecule has 1 rings (SSSR count). The van der Waals surface area contributed by atoms with Gasteiger partial charge in [0.05, 0.1) is 6.10 Å². The van der Waals surface area contributed by atoms with Crippen LogP contribution in [-0.4, -0.2) is 42.2 Å². The van der Waals surface area contributed by atoms with Crippen LogP contribution in [0.1, 0.15) is 25.0 Å². The first-order chi connectivity index (χ1) is 10.8. The fraction of sp³-hybridized carbons (Fsp3) is 0.471. The fourth-order valence-corrected chi connectivity index (χ4v) is 2.47. The minimum absolute atomic E-state index is 0. The van der Waals surface area contributed by atoms with Crippen LogP contribution >= 0.6 is 35.7 Å². The van der Waals surface area contributed by atoms with Crippen LogP contribution in [0.25, 0.3) is 0 Å². The Morgan fingerprint density at radius 3 is 2.74 bits per heavy atom. The van der Waals surface area contributed by atoms with Gasteiger partial charge in [-0.05, 0) is 18.9 Å². The van der Waals surface area contributed by atoms with Crippen LogP contribution in [0.5, 0.6) is 0 Å². The Kier molecular flexibility index (Phi) is 14.4. The molecule has 0 aliphatic heterocycles. The van der Waals surface area contributed by atoms with Gasteiger partial charge in [0.2, 0.25) is 0 Å². The third-order valence-corrected chi connectivity index (χ3v) is 3.94. The molecule has 130 valence electrons. The van der Waals surface area contributed by atoms with Crippen LogP contribution in [0.2, 0.25) is 0 Å². The molecule has 0 bridgehead atoms. The molecule has 0 heterocycles. The van der Waals surface area contributed by atoms with Crippen molar-refractivity contribution in [1.82, 2.24) is 10.6 Å². The van der Waals surface area contributed by atoms with Crippen molar-refractivity contribution < 1.29 is 5.11 Å². The summed E-state index contributed by atoms with van der Waals surface area (Å²) in [5.74, 6) is 2.80. The van der Waals surface area contributed by atoms with Crippen molar-refractivity contribution in [3.63, 3.8) is 0 Å². The maximum Gasteiger partial charge on any atom is 0.191 e. The number of aliphatic imine (C=N–C) groups is 1. The highest BCUT2D eigenvalue weighted by atomic mass is 127. The molecule has 1 aromatic rings. The summed E-state index contributed by atoms with van der Waals surface area (Å²) in [5.41, 5.74) is 0.941. The van der Waals surface area contributed by atoms with E-state index in [2.05, 4.69) is 22.2 Å². The third-order valence-electron chi connectivity index (χ3n) is 2.98. The van der Waals surface area contributed by atoms with Crippen LogP contribution in [0.3, 0.4) is 0 Å². The highest BCUT2D eigenvalue weighted by Gasteiger charge is 2.06. The van der Waals surface area contributed by atoms with Gasteiger partial charge in [-0.3, -0.25) is 4.99 Å². The number of nitrogens with one attached hydrogen (secondary N) is 2. The zero-order valence-corrected chi connectivity index (χ0v) is 16.8. The molecule has 1 aromatic carbocycles. The number of hydrogen-bond donors (Lipinski definition) is 3. The second-order valence-corrected chi connectivity index (χ2v) is 5.92. The summed E-state index contributed by atoms with van der Waals surface area (Å²) in [6, 6.07) is 9.71. The quantitative estimate of drug-likeness (QED) is 0.169. The summed E-state index contributed by atoms with van der Waals surface area (Å²) in [6.07, 6.45) is 2.07. The maximum absolute atomic E-state index is 10.1. The summed E-state index contributed by atoms with van der Waals surface area (Å²) in [7, 11) is 0. The van der Waals surface area contributed by atoms with E-state index in [0.717, 1.165) is 36.1 Å². The van der Waals surface area contributed by atoms with Crippen molar-refractivity contribution in [2.24, 2.45) is 4.99 Å². The number of guanidine groups is 1. The molecule has 23 heavy (non-hydrogen) atoms. The van der Waals surface area contributed by atoms with E-state index < -0.39 is 6.10 Å². The number of halogens is 1. The van der Waals surface area contributed by atoms with E-state index in [4.69, 9.17) is 0 Å². The molecule has 1 unspecified atom stereocenters. The topological polar surface area (TPSA) is 56.7 Å². The summed E-state index contributed by atoms with van der Waals surface area (Å²) in [4.78, 5) is 4.50. The van der Waals surface area contributed by atoms with Gasteiger partial charge in [0.15, 0.2) is 5.96 Å². The molecule has 4 nitrogen and oxygen atoms in total. The van der Waals surface area contributed by atoms with Gasteiger partial charge in [0.1, 0.15) is 0 Å². The number of thioether (sulfide) groups is 1. The van der Waals surface area contributed by atoms with Crippen molar-refractivity contribution in [1.29, 1.82) is 0 Å². The lowest BCUT2D eigenvalue weighted by molar-refractivity contribution is 0.170. The summed E-state index contributed by atoms with van der Waals surface area (Å²) < 4.78 is 0. The number of aliphatic hydroxyl groups is 1. The van der Waals surface area contributed by atoms with Gasteiger partial charge in [-0.15, -0.1) is 30.6 Å². The van der Waals surface area contributed by atoms with Crippen molar-refractivity contribution >= 4 is 41.7 Å². The van der Waals surface area contributed by atoms with E-state index >= 15 is 0 Å².